The van der Waals surface area contributed by atoms with Crippen LogP contribution in [0.15, 0.2) is 52.5 Å². The van der Waals surface area contributed by atoms with Crippen LogP contribution in [-0.2, 0) is 0 Å². The molecule has 0 aliphatic heterocycles. The summed E-state index contributed by atoms with van der Waals surface area (Å²) in [7, 11) is 2.00. The summed E-state index contributed by atoms with van der Waals surface area (Å²) in [5.74, 6) is 0. The Balaban J connectivity index is 2.46. The largest absolute Gasteiger partial charge is 0.310 e. The second kappa shape index (κ2) is 5.68. The molecule has 0 aliphatic rings. The summed E-state index contributed by atoms with van der Waals surface area (Å²) in [6.45, 7) is 4.25. The van der Waals surface area contributed by atoms with Gasteiger partial charge in [0.15, 0.2) is 0 Å². The molecule has 0 aliphatic carbocycles. The Morgan fingerprint density at radius 2 is 1.78 bits per heavy atom. The van der Waals surface area contributed by atoms with Crippen molar-refractivity contribution in [2.45, 2.75) is 19.9 Å². The van der Waals surface area contributed by atoms with Gasteiger partial charge in [0.2, 0.25) is 0 Å². The predicted molar refractivity (Wildman–Crippen MR) is 82.9 cm³/mol. The maximum absolute atomic E-state index is 3.50. The molecule has 0 spiro atoms. The quantitative estimate of drug-likeness (QED) is 0.801. The zero-order valence-corrected chi connectivity index (χ0v) is 12.6. The lowest BCUT2D eigenvalue weighted by atomic mass is 10.0. The van der Waals surface area contributed by atoms with Gasteiger partial charge in [0.25, 0.3) is 0 Å². The Morgan fingerprint density at radius 1 is 1.11 bits per heavy atom. The van der Waals surface area contributed by atoms with E-state index in [1.54, 1.807) is 0 Å². The van der Waals surface area contributed by atoms with Crippen LogP contribution in [0.3, 0.4) is 0 Å². The molecule has 0 fully saturated rings. The highest BCUT2D eigenvalue weighted by Crippen LogP contribution is 2.24. The van der Waals surface area contributed by atoms with Crippen molar-refractivity contribution < 1.29 is 0 Å². The van der Waals surface area contributed by atoms with Crippen LogP contribution in [-0.4, -0.2) is 7.05 Å². The minimum atomic E-state index is 0.281. The fourth-order valence-electron chi connectivity index (χ4n) is 2.11. The van der Waals surface area contributed by atoms with Gasteiger partial charge in [-0.2, -0.15) is 0 Å². The summed E-state index contributed by atoms with van der Waals surface area (Å²) in [6.07, 6.45) is 2.25. The average molecular weight is 304 g/mol. The lowest BCUT2D eigenvalue weighted by Gasteiger charge is -2.14. The molecule has 0 saturated carbocycles. The molecule has 1 unspecified atom stereocenters. The first kappa shape index (κ1) is 13.3. The first-order valence-corrected chi connectivity index (χ1v) is 6.91. The Bertz CT molecular complexity index is 583. The van der Waals surface area contributed by atoms with E-state index in [0.29, 0.717) is 0 Å². The average Bonchev–Trinajstić information content (AvgIpc) is 2.35. The van der Waals surface area contributed by atoms with Gasteiger partial charge in [-0.15, -0.1) is 0 Å². The fraction of sp³-hybridized carbons (Fsp3) is 0.250. The van der Waals surface area contributed by atoms with E-state index >= 15 is 0 Å². The third-order valence-corrected chi connectivity index (χ3v) is 3.49. The zero-order chi connectivity index (χ0) is 13.1. The summed E-state index contributed by atoms with van der Waals surface area (Å²) in [4.78, 5) is 0. The molecule has 0 amide bonds. The van der Waals surface area contributed by atoms with E-state index in [4.69, 9.17) is 0 Å². The number of likely N-dealkylation sites (N-methyl/N-ethyl adjacent to an activating group) is 1. The van der Waals surface area contributed by atoms with Crippen LogP contribution < -0.4 is 5.32 Å². The van der Waals surface area contributed by atoms with Crippen LogP contribution in [0.25, 0.3) is 10.8 Å². The van der Waals surface area contributed by atoms with Crippen LogP contribution in [0.5, 0.6) is 0 Å². The van der Waals surface area contributed by atoms with E-state index in [2.05, 4.69) is 77.6 Å². The van der Waals surface area contributed by atoms with E-state index < -0.39 is 0 Å². The first-order chi connectivity index (χ1) is 8.60. The topological polar surface area (TPSA) is 12.0 Å². The van der Waals surface area contributed by atoms with Gasteiger partial charge < -0.3 is 5.32 Å². The number of hydrogen-bond acceptors (Lipinski definition) is 1. The third-order valence-electron chi connectivity index (χ3n) is 3.00. The fourth-order valence-corrected chi connectivity index (χ4v) is 2.49. The van der Waals surface area contributed by atoms with Gasteiger partial charge in [0.1, 0.15) is 0 Å². The molecular weight excluding hydrogens is 286 g/mol. The Morgan fingerprint density at radius 3 is 2.44 bits per heavy atom. The van der Waals surface area contributed by atoms with Crippen molar-refractivity contribution in [2.24, 2.45) is 0 Å². The van der Waals surface area contributed by atoms with Crippen LogP contribution in [0, 0.1) is 0 Å². The van der Waals surface area contributed by atoms with E-state index in [1.807, 2.05) is 7.05 Å². The van der Waals surface area contributed by atoms with Crippen LogP contribution >= 0.6 is 15.9 Å². The molecule has 0 heterocycles. The zero-order valence-electron chi connectivity index (χ0n) is 11.0. The summed E-state index contributed by atoms with van der Waals surface area (Å²) < 4.78 is 1.12. The first-order valence-electron chi connectivity index (χ1n) is 6.11. The molecule has 0 saturated heterocycles. The number of nitrogens with one attached hydrogen (secondary N) is 1. The van der Waals surface area contributed by atoms with Gasteiger partial charge >= 0.3 is 0 Å². The van der Waals surface area contributed by atoms with Crippen LogP contribution in [0.4, 0.5) is 0 Å². The minimum absolute atomic E-state index is 0.281. The van der Waals surface area contributed by atoms with Gasteiger partial charge in [-0.1, -0.05) is 45.8 Å². The highest BCUT2D eigenvalue weighted by molar-refractivity contribution is 9.10. The molecule has 2 aromatic rings. The number of hydrogen-bond donors (Lipinski definition) is 1. The standard InChI is InChI=1S/C16H18BrN/c1-11(2)8-16(18-3)14-5-4-13-10-15(17)7-6-12(13)9-14/h4-10,16,18H,1-3H3. The van der Waals surface area contributed by atoms with Crippen molar-refractivity contribution in [3.8, 4) is 0 Å². The minimum Gasteiger partial charge on any atom is -0.310 e. The molecule has 2 aromatic carbocycles. The lowest BCUT2D eigenvalue weighted by molar-refractivity contribution is 0.711. The maximum atomic E-state index is 3.50. The van der Waals surface area contributed by atoms with Crippen molar-refractivity contribution in [2.75, 3.05) is 7.05 Å². The molecule has 18 heavy (non-hydrogen) atoms. The number of benzene rings is 2. The number of allylic oxidation sites excluding steroid dienone is 1. The monoisotopic (exact) mass is 303 g/mol. The van der Waals surface area contributed by atoms with E-state index in [1.165, 1.54) is 21.9 Å². The Kier molecular flexibility index (Phi) is 4.20. The second-order valence-electron chi connectivity index (χ2n) is 4.76. The molecule has 1 N–H and O–H groups in total. The summed E-state index contributed by atoms with van der Waals surface area (Å²) in [5, 5.41) is 5.88. The van der Waals surface area contributed by atoms with Crippen LogP contribution in [0.1, 0.15) is 25.5 Å². The van der Waals surface area contributed by atoms with E-state index in [9.17, 15) is 0 Å². The lowest BCUT2D eigenvalue weighted by Crippen LogP contribution is -2.14. The highest BCUT2D eigenvalue weighted by atomic mass is 79.9. The SMILES string of the molecule is CNC(C=C(C)C)c1ccc2cc(Br)ccc2c1. The predicted octanol–water partition coefficient (Wildman–Crippen LogP) is 4.83. The maximum Gasteiger partial charge on any atom is 0.0506 e. The molecule has 1 nitrogen and oxygen atoms in total. The van der Waals surface area contributed by atoms with Crippen molar-refractivity contribution >= 4 is 26.7 Å². The molecule has 0 aromatic heterocycles. The Labute approximate surface area is 117 Å². The third kappa shape index (κ3) is 3.01. The van der Waals surface area contributed by atoms with Gasteiger partial charge in [-0.25, -0.2) is 0 Å². The molecule has 0 bridgehead atoms. The molecule has 2 rings (SSSR count). The highest BCUT2D eigenvalue weighted by Gasteiger charge is 2.06. The van der Waals surface area contributed by atoms with Crippen molar-refractivity contribution in [3.63, 3.8) is 0 Å². The van der Waals surface area contributed by atoms with Crippen LogP contribution in [0.2, 0.25) is 0 Å². The molecule has 2 heteroatoms. The van der Waals surface area contributed by atoms with Gasteiger partial charge in [0.05, 0.1) is 6.04 Å². The summed E-state index contributed by atoms with van der Waals surface area (Å²) in [6, 6.07) is 13.3. The molecule has 0 radical (unpaired) electrons. The normalized spacial score (nSPS) is 12.4. The van der Waals surface area contributed by atoms with Gasteiger partial charge in [-0.3, -0.25) is 0 Å². The van der Waals surface area contributed by atoms with E-state index in [-0.39, 0.29) is 6.04 Å². The molecule has 94 valence electrons. The number of fused-ring (bicyclic) bond motifs is 1. The Hall–Kier alpha value is -1.12. The van der Waals surface area contributed by atoms with Crippen molar-refractivity contribution in [1.29, 1.82) is 0 Å². The second-order valence-corrected chi connectivity index (χ2v) is 5.68. The number of halogens is 1. The number of rotatable bonds is 3. The van der Waals surface area contributed by atoms with E-state index in [0.717, 1.165) is 4.47 Å². The molecular formula is C16H18BrN. The van der Waals surface area contributed by atoms with Gasteiger partial charge in [-0.05, 0) is 55.4 Å². The summed E-state index contributed by atoms with van der Waals surface area (Å²) in [5.41, 5.74) is 2.62. The summed E-state index contributed by atoms with van der Waals surface area (Å²) >= 11 is 3.50. The van der Waals surface area contributed by atoms with Crippen molar-refractivity contribution in [1.82, 2.24) is 5.32 Å². The van der Waals surface area contributed by atoms with Crippen molar-refractivity contribution in [3.05, 3.63) is 58.1 Å². The molecule has 1 atom stereocenters. The smallest absolute Gasteiger partial charge is 0.0506 e. The van der Waals surface area contributed by atoms with Gasteiger partial charge in [0, 0.05) is 4.47 Å².